The van der Waals surface area contributed by atoms with Crippen LogP contribution in [0.1, 0.15) is 37.8 Å². The van der Waals surface area contributed by atoms with E-state index >= 15 is 0 Å². The molecule has 0 aliphatic rings. The van der Waals surface area contributed by atoms with Gasteiger partial charge in [-0.05, 0) is 37.6 Å². The smallest absolute Gasteiger partial charge is 0.286 e. The van der Waals surface area contributed by atoms with Crippen LogP contribution in [0.2, 0.25) is 0 Å². The van der Waals surface area contributed by atoms with Crippen LogP contribution in [0, 0.1) is 13.8 Å². The highest BCUT2D eigenvalue weighted by Crippen LogP contribution is 2.17. The zero-order valence-electron chi connectivity index (χ0n) is 14.2. The molecular formula is C19H20N4O2. The SMILES string of the molecule is Cc1cc(C(=O)NNC(=O)c2ccc[nH]2)c(C)n1Cc1ccccc1. The summed E-state index contributed by atoms with van der Waals surface area (Å²) < 4.78 is 2.08. The van der Waals surface area contributed by atoms with Crippen LogP contribution in [0.3, 0.4) is 0 Å². The van der Waals surface area contributed by atoms with E-state index in [0.717, 1.165) is 17.0 Å². The lowest BCUT2D eigenvalue weighted by atomic mass is 10.2. The lowest BCUT2D eigenvalue weighted by Gasteiger charge is -2.10. The first-order chi connectivity index (χ1) is 12.1. The van der Waals surface area contributed by atoms with Crippen LogP contribution in [0.4, 0.5) is 0 Å². The number of aromatic nitrogens is 2. The van der Waals surface area contributed by atoms with Crippen molar-refractivity contribution in [3.05, 3.63) is 82.9 Å². The second-order valence-corrected chi connectivity index (χ2v) is 5.85. The second-order valence-electron chi connectivity index (χ2n) is 5.85. The minimum atomic E-state index is -0.392. The van der Waals surface area contributed by atoms with Crippen LogP contribution in [0.15, 0.2) is 54.7 Å². The number of H-pyrrole nitrogens is 1. The summed E-state index contributed by atoms with van der Waals surface area (Å²) in [6.45, 7) is 4.56. The van der Waals surface area contributed by atoms with Gasteiger partial charge in [0.1, 0.15) is 5.69 Å². The number of hydrogen-bond acceptors (Lipinski definition) is 2. The topological polar surface area (TPSA) is 78.9 Å². The van der Waals surface area contributed by atoms with Gasteiger partial charge < -0.3 is 9.55 Å². The normalized spacial score (nSPS) is 10.5. The number of nitrogens with one attached hydrogen (secondary N) is 3. The summed E-state index contributed by atoms with van der Waals surface area (Å²) >= 11 is 0. The number of aromatic amines is 1. The van der Waals surface area contributed by atoms with Gasteiger partial charge in [0.05, 0.1) is 5.56 Å². The van der Waals surface area contributed by atoms with Crippen LogP contribution >= 0.6 is 0 Å². The molecule has 3 N–H and O–H groups in total. The Kier molecular flexibility index (Phi) is 4.70. The van der Waals surface area contributed by atoms with Crippen LogP contribution in [-0.2, 0) is 6.54 Å². The van der Waals surface area contributed by atoms with E-state index in [4.69, 9.17) is 0 Å². The Hall–Kier alpha value is -3.28. The largest absolute Gasteiger partial charge is 0.357 e. The standard InChI is InChI=1S/C19H20N4O2/c1-13-11-16(14(2)23(13)12-15-7-4-3-5-8-15)18(24)21-22-19(25)17-9-6-10-20-17/h3-11,20H,12H2,1-2H3,(H,21,24)(H,22,25). The van der Waals surface area contributed by atoms with Crippen molar-refractivity contribution in [2.75, 3.05) is 0 Å². The number of hydrogen-bond donors (Lipinski definition) is 3. The molecule has 0 radical (unpaired) electrons. The third-order valence-electron chi connectivity index (χ3n) is 4.13. The molecule has 0 bridgehead atoms. The van der Waals surface area contributed by atoms with Crippen molar-refractivity contribution in [2.24, 2.45) is 0 Å². The molecule has 0 saturated carbocycles. The molecule has 2 amide bonds. The molecule has 1 aromatic carbocycles. The van der Waals surface area contributed by atoms with Gasteiger partial charge in [-0.25, -0.2) is 0 Å². The van der Waals surface area contributed by atoms with Gasteiger partial charge in [0.2, 0.25) is 0 Å². The van der Waals surface area contributed by atoms with Gasteiger partial charge in [-0.2, -0.15) is 0 Å². The molecule has 0 unspecified atom stereocenters. The number of rotatable bonds is 4. The fourth-order valence-corrected chi connectivity index (χ4v) is 2.76. The van der Waals surface area contributed by atoms with Gasteiger partial charge in [-0.1, -0.05) is 30.3 Å². The Bertz CT molecular complexity index is 880. The number of hydrazine groups is 1. The fourth-order valence-electron chi connectivity index (χ4n) is 2.76. The molecule has 128 valence electrons. The summed E-state index contributed by atoms with van der Waals surface area (Å²) in [6, 6.07) is 15.2. The van der Waals surface area contributed by atoms with Gasteiger partial charge in [0.15, 0.2) is 0 Å². The average molecular weight is 336 g/mol. The lowest BCUT2D eigenvalue weighted by Crippen LogP contribution is -2.41. The van der Waals surface area contributed by atoms with Gasteiger partial charge in [0.25, 0.3) is 11.8 Å². The third kappa shape index (κ3) is 3.63. The van der Waals surface area contributed by atoms with Crippen LogP contribution < -0.4 is 10.9 Å². The van der Waals surface area contributed by atoms with Crippen molar-refractivity contribution < 1.29 is 9.59 Å². The molecule has 0 fully saturated rings. The summed E-state index contributed by atoms with van der Waals surface area (Å²) in [5.41, 5.74) is 8.80. The van der Waals surface area contributed by atoms with E-state index in [1.54, 1.807) is 18.3 Å². The Morgan fingerprint density at radius 3 is 2.40 bits per heavy atom. The molecule has 0 aliphatic heterocycles. The molecule has 0 aliphatic carbocycles. The predicted octanol–water partition coefficient (Wildman–Crippen LogP) is 2.56. The van der Waals surface area contributed by atoms with Crippen molar-refractivity contribution in [2.45, 2.75) is 20.4 Å². The summed E-state index contributed by atoms with van der Waals surface area (Å²) in [5, 5.41) is 0. The monoisotopic (exact) mass is 336 g/mol. The zero-order valence-corrected chi connectivity index (χ0v) is 14.2. The number of benzene rings is 1. The number of aryl methyl sites for hydroxylation is 1. The summed E-state index contributed by atoms with van der Waals surface area (Å²) in [6.07, 6.45) is 1.65. The highest BCUT2D eigenvalue weighted by Gasteiger charge is 2.16. The number of carbonyl (C=O) groups is 2. The van der Waals surface area contributed by atoms with Crippen molar-refractivity contribution >= 4 is 11.8 Å². The maximum Gasteiger partial charge on any atom is 0.286 e. The number of amides is 2. The molecule has 3 rings (SSSR count). The molecule has 2 aromatic heterocycles. The number of carbonyl (C=O) groups excluding carboxylic acids is 2. The maximum atomic E-state index is 12.4. The first-order valence-electron chi connectivity index (χ1n) is 8.01. The Labute approximate surface area is 145 Å². The van der Waals surface area contributed by atoms with Gasteiger partial charge in [0, 0.05) is 24.1 Å². The van der Waals surface area contributed by atoms with Gasteiger partial charge >= 0.3 is 0 Å². The Morgan fingerprint density at radius 1 is 1.00 bits per heavy atom. The summed E-state index contributed by atoms with van der Waals surface area (Å²) in [7, 11) is 0. The molecule has 2 heterocycles. The highest BCUT2D eigenvalue weighted by molar-refractivity contribution is 5.99. The highest BCUT2D eigenvalue weighted by atomic mass is 16.2. The zero-order chi connectivity index (χ0) is 17.8. The number of nitrogens with zero attached hydrogens (tertiary/aromatic N) is 1. The minimum absolute atomic E-state index is 0.340. The predicted molar refractivity (Wildman–Crippen MR) is 95.2 cm³/mol. The van der Waals surface area contributed by atoms with Crippen molar-refractivity contribution in [3.63, 3.8) is 0 Å². The van der Waals surface area contributed by atoms with E-state index in [9.17, 15) is 9.59 Å². The molecule has 6 nitrogen and oxygen atoms in total. The van der Waals surface area contributed by atoms with E-state index in [1.807, 2.05) is 38.1 Å². The third-order valence-corrected chi connectivity index (χ3v) is 4.13. The molecular weight excluding hydrogens is 316 g/mol. The van der Waals surface area contributed by atoms with Crippen LogP contribution in [-0.4, -0.2) is 21.4 Å². The average Bonchev–Trinajstić information content (AvgIpc) is 3.25. The van der Waals surface area contributed by atoms with E-state index < -0.39 is 5.91 Å². The summed E-state index contributed by atoms with van der Waals surface area (Å²) in [5.74, 6) is -0.733. The van der Waals surface area contributed by atoms with E-state index in [-0.39, 0.29) is 5.91 Å². The van der Waals surface area contributed by atoms with E-state index in [0.29, 0.717) is 17.8 Å². The van der Waals surface area contributed by atoms with Gasteiger partial charge in [-0.3, -0.25) is 20.4 Å². The molecule has 0 saturated heterocycles. The van der Waals surface area contributed by atoms with Crippen molar-refractivity contribution in [3.8, 4) is 0 Å². The van der Waals surface area contributed by atoms with E-state index in [1.165, 1.54) is 0 Å². The van der Waals surface area contributed by atoms with Crippen LogP contribution in [0.25, 0.3) is 0 Å². The molecule has 6 heteroatoms. The van der Waals surface area contributed by atoms with Crippen molar-refractivity contribution in [1.29, 1.82) is 0 Å². The van der Waals surface area contributed by atoms with Crippen molar-refractivity contribution in [1.82, 2.24) is 20.4 Å². The summed E-state index contributed by atoms with van der Waals surface area (Å²) in [4.78, 5) is 27.1. The lowest BCUT2D eigenvalue weighted by molar-refractivity contribution is 0.0844. The van der Waals surface area contributed by atoms with Gasteiger partial charge in [-0.15, -0.1) is 0 Å². The second kappa shape index (κ2) is 7.09. The first-order valence-corrected chi connectivity index (χ1v) is 8.01. The molecule has 25 heavy (non-hydrogen) atoms. The Morgan fingerprint density at radius 2 is 1.72 bits per heavy atom. The molecule has 0 spiro atoms. The van der Waals surface area contributed by atoms with Crippen LogP contribution in [0.5, 0.6) is 0 Å². The quantitative estimate of drug-likeness (QED) is 0.640. The maximum absolute atomic E-state index is 12.4. The first kappa shape index (κ1) is 16.6. The fraction of sp³-hybridized carbons (Fsp3) is 0.158. The minimum Gasteiger partial charge on any atom is -0.357 e. The van der Waals surface area contributed by atoms with E-state index in [2.05, 4.69) is 32.5 Å². The Balaban J connectivity index is 1.71. The molecule has 0 atom stereocenters. The molecule has 3 aromatic rings.